The van der Waals surface area contributed by atoms with E-state index in [4.69, 9.17) is 4.74 Å². The van der Waals surface area contributed by atoms with Crippen LogP contribution in [0.1, 0.15) is 10.4 Å². The predicted octanol–water partition coefficient (Wildman–Crippen LogP) is 0.0358. The van der Waals surface area contributed by atoms with E-state index in [-0.39, 0.29) is 11.7 Å². The first kappa shape index (κ1) is 14.6. The van der Waals surface area contributed by atoms with Crippen molar-refractivity contribution in [2.75, 3.05) is 46.4 Å². The van der Waals surface area contributed by atoms with Crippen LogP contribution in [-0.4, -0.2) is 62.3 Å². The van der Waals surface area contributed by atoms with Gasteiger partial charge in [-0.15, -0.1) is 0 Å². The largest absolute Gasteiger partial charge is 0.504 e. The van der Waals surface area contributed by atoms with Crippen molar-refractivity contribution in [2.24, 2.45) is 0 Å². The lowest BCUT2D eigenvalue weighted by Crippen LogP contribution is -2.46. The Bertz CT molecular complexity index is 459. The van der Waals surface area contributed by atoms with Crippen LogP contribution in [0.3, 0.4) is 0 Å². The Kier molecular flexibility index (Phi) is 5.20. The topological polar surface area (TPSA) is 73.8 Å². The van der Waals surface area contributed by atoms with E-state index >= 15 is 0 Å². The summed E-state index contributed by atoms with van der Waals surface area (Å²) >= 11 is 0. The molecule has 20 heavy (non-hydrogen) atoms. The summed E-state index contributed by atoms with van der Waals surface area (Å²) in [6.07, 6.45) is 0. The van der Waals surface area contributed by atoms with Crippen LogP contribution in [0.4, 0.5) is 0 Å². The van der Waals surface area contributed by atoms with Gasteiger partial charge >= 0.3 is 0 Å². The smallest absolute Gasteiger partial charge is 0.251 e. The maximum atomic E-state index is 11.9. The molecule has 0 radical (unpaired) electrons. The van der Waals surface area contributed by atoms with Crippen molar-refractivity contribution in [3.8, 4) is 11.5 Å². The third-order valence-electron chi connectivity index (χ3n) is 3.36. The number of carbonyl (C=O) groups excluding carboxylic acids is 1. The second-order valence-corrected chi connectivity index (χ2v) is 4.73. The van der Waals surface area contributed by atoms with E-state index < -0.39 is 0 Å². The number of nitrogens with one attached hydrogen (secondary N) is 2. The minimum absolute atomic E-state index is 0.0257. The van der Waals surface area contributed by atoms with Gasteiger partial charge in [0.15, 0.2) is 11.5 Å². The van der Waals surface area contributed by atoms with E-state index in [9.17, 15) is 9.90 Å². The molecule has 0 bridgehead atoms. The molecule has 6 heteroatoms. The Morgan fingerprint density at radius 1 is 1.45 bits per heavy atom. The van der Waals surface area contributed by atoms with Crippen LogP contribution in [-0.2, 0) is 0 Å². The van der Waals surface area contributed by atoms with Gasteiger partial charge in [0.2, 0.25) is 0 Å². The maximum absolute atomic E-state index is 11.9. The highest BCUT2D eigenvalue weighted by molar-refractivity contribution is 5.94. The summed E-state index contributed by atoms with van der Waals surface area (Å²) < 4.78 is 4.95. The van der Waals surface area contributed by atoms with E-state index in [2.05, 4.69) is 15.5 Å². The van der Waals surface area contributed by atoms with Gasteiger partial charge in [0.05, 0.1) is 7.11 Å². The number of benzene rings is 1. The Balaban J connectivity index is 1.80. The summed E-state index contributed by atoms with van der Waals surface area (Å²) in [4.78, 5) is 14.3. The molecule has 6 nitrogen and oxygen atoms in total. The summed E-state index contributed by atoms with van der Waals surface area (Å²) in [6.45, 7) is 5.47. The molecule has 1 aromatic rings. The molecule has 0 aliphatic carbocycles. The average Bonchev–Trinajstić information content (AvgIpc) is 2.48. The van der Waals surface area contributed by atoms with Crippen molar-refractivity contribution in [1.29, 1.82) is 0 Å². The summed E-state index contributed by atoms with van der Waals surface area (Å²) in [5, 5.41) is 15.8. The summed E-state index contributed by atoms with van der Waals surface area (Å²) in [5.74, 6) is 0.155. The number of nitrogens with zero attached hydrogens (tertiary/aromatic N) is 1. The molecule has 1 fully saturated rings. The van der Waals surface area contributed by atoms with E-state index in [1.165, 1.54) is 13.2 Å². The number of phenols is 1. The number of hydrogen-bond acceptors (Lipinski definition) is 5. The predicted molar refractivity (Wildman–Crippen MR) is 76.3 cm³/mol. The highest BCUT2D eigenvalue weighted by atomic mass is 16.5. The third kappa shape index (κ3) is 3.85. The fourth-order valence-corrected chi connectivity index (χ4v) is 2.20. The minimum Gasteiger partial charge on any atom is -0.504 e. The monoisotopic (exact) mass is 279 g/mol. The molecule has 0 atom stereocenters. The molecule has 0 aromatic heterocycles. The standard InChI is InChI=1S/C14H21N3O3/c1-20-13-3-2-11(10-12(13)18)14(19)16-6-9-17-7-4-15-5-8-17/h2-3,10,15,18H,4-9H2,1H3,(H,16,19). The second kappa shape index (κ2) is 7.12. The molecule has 1 aliphatic heterocycles. The molecule has 0 saturated carbocycles. The highest BCUT2D eigenvalue weighted by Gasteiger charge is 2.11. The van der Waals surface area contributed by atoms with E-state index in [1.807, 2.05) is 0 Å². The molecule has 1 saturated heterocycles. The molecule has 1 aliphatic rings. The van der Waals surface area contributed by atoms with Crippen LogP contribution in [0.25, 0.3) is 0 Å². The highest BCUT2D eigenvalue weighted by Crippen LogP contribution is 2.25. The number of carbonyl (C=O) groups is 1. The zero-order valence-corrected chi connectivity index (χ0v) is 11.7. The van der Waals surface area contributed by atoms with Gasteiger partial charge in [-0.2, -0.15) is 0 Å². The van der Waals surface area contributed by atoms with Gasteiger partial charge in [0.1, 0.15) is 0 Å². The van der Waals surface area contributed by atoms with E-state index in [1.54, 1.807) is 12.1 Å². The normalized spacial score (nSPS) is 15.8. The number of hydrogen-bond donors (Lipinski definition) is 3. The fourth-order valence-electron chi connectivity index (χ4n) is 2.20. The average molecular weight is 279 g/mol. The van der Waals surface area contributed by atoms with Crippen molar-refractivity contribution in [3.63, 3.8) is 0 Å². The first-order valence-corrected chi connectivity index (χ1v) is 6.79. The van der Waals surface area contributed by atoms with E-state index in [0.29, 0.717) is 17.9 Å². The first-order chi connectivity index (χ1) is 9.70. The number of rotatable bonds is 5. The van der Waals surface area contributed by atoms with Crippen molar-refractivity contribution in [2.45, 2.75) is 0 Å². The molecule has 1 aromatic carbocycles. The van der Waals surface area contributed by atoms with E-state index in [0.717, 1.165) is 32.7 Å². The molecule has 1 heterocycles. The van der Waals surface area contributed by atoms with Gasteiger partial charge in [-0.05, 0) is 18.2 Å². The van der Waals surface area contributed by atoms with Gasteiger partial charge in [0.25, 0.3) is 5.91 Å². The fraction of sp³-hybridized carbons (Fsp3) is 0.500. The second-order valence-electron chi connectivity index (χ2n) is 4.73. The first-order valence-electron chi connectivity index (χ1n) is 6.79. The lowest BCUT2D eigenvalue weighted by atomic mass is 10.2. The number of amides is 1. The lowest BCUT2D eigenvalue weighted by Gasteiger charge is -2.27. The number of ether oxygens (including phenoxy) is 1. The van der Waals surface area contributed by atoms with Crippen LogP contribution in [0.2, 0.25) is 0 Å². The van der Waals surface area contributed by atoms with Gasteiger partial charge < -0.3 is 20.5 Å². The zero-order valence-electron chi connectivity index (χ0n) is 11.7. The third-order valence-corrected chi connectivity index (χ3v) is 3.36. The van der Waals surface area contributed by atoms with Gasteiger partial charge in [-0.1, -0.05) is 0 Å². The molecule has 1 amide bonds. The molecule has 0 spiro atoms. The Labute approximate surface area is 118 Å². The Hall–Kier alpha value is -1.79. The molecular formula is C14H21N3O3. The van der Waals surface area contributed by atoms with Crippen LogP contribution in [0.5, 0.6) is 11.5 Å². The quantitative estimate of drug-likeness (QED) is 0.709. The molecule has 3 N–H and O–H groups in total. The van der Waals surface area contributed by atoms with Crippen LogP contribution < -0.4 is 15.4 Å². The van der Waals surface area contributed by atoms with Crippen molar-refractivity contribution in [1.82, 2.24) is 15.5 Å². The van der Waals surface area contributed by atoms with Crippen molar-refractivity contribution < 1.29 is 14.6 Å². The number of aromatic hydroxyl groups is 1. The van der Waals surface area contributed by atoms with Gasteiger partial charge in [-0.25, -0.2) is 0 Å². The summed E-state index contributed by atoms with van der Waals surface area (Å²) in [7, 11) is 1.47. The summed E-state index contributed by atoms with van der Waals surface area (Å²) in [6, 6.07) is 4.64. The number of phenolic OH excluding ortho intramolecular Hbond substituents is 1. The summed E-state index contributed by atoms with van der Waals surface area (Å²) in [5.41, 5.74) is 0.434. The molecule has 110 valence electrons. The Morgan fingerprint density at radius 2 is 2.20 bits per heavy atom. The lowest BCUT2D eigenvalue weighted by molar-refractivity contribution is 0.0947. The zero-order chi connectivity index (χ0) is 14.4. The molecule has 0 unspecified atom stereocenters. The van der Waals surface area contributed by atoms with Crippen molar-refractivity contribution in [3.05, 3.63) is 23.8 Å². The SMILES string of the molecule is COc1ccc(C(=O)NCCN2CCNCC2)cc1O. The van der Waals surface area contributed by atoms with Gasteiger partial charge in [0, 0.05) is 44.8 Å². The minimum atomic E-state index is -0.182. The van der Waals surface area contributed by atoms with Crippen molar-refractivity contribution >= 4 is 5.91 Å². The number of piperazine rings is 1. The van der Waals surface area contributed by atoms with Gasteiger partial charge in [-0.3, -0.25) is 9.69 Å². The van der Waals surface area contributed by atoms with Crippen LogP contribution >= 0.6 is 0 Å². The Morgan fingerprint density at radius 3 is 2.85 bits per heavy atom. The maximum Gasteiger partial charge on any atom is 0.251 e. The van der Waals surface area contributed by atoms with Crippen LogP contribution in [0, 0.1) is 0 Å². The molecular weight excluding hydrogens is 258 g/mol. The number of methoxy groups -OCH3 is 1. The molecule has 2 rings (SSSR count). The van der Waals surface area contributed by atoms with Crippen LogP contribution in [0.15, 0.2) is 18.2 Å².